The van der Waals surface area contributed by atoms with Crippen molar-refractivity contribution in [2.24, 2.45) is 0 Å². The van der Waals surface area contributed by atoms with Gasteiger partial charge in [-0.1, -0.05) is 30.3 Å². The van der Waals surface area contributed by atoms with E-state index in [9.17, 15) is 0 Å². The van der Waals surface area contributed by atoms with Gasteiger partial charge in [-0.25, -0.2) is 0 Å². The van der Waals surface area contributed by atoms with Gasteiger partial charge >= 0.3 is 0 Å². The Labute approximate surface area is 90.4 Å². The van der Waals surface area contributed by atoms with E-state index in [-0.39, 0.29) is 0 Å². The van der Waals surface area contributed by atoms with Crippen LogP contribution in [0.1, 0.15) is 4.88 Å². The second kappa shape index (κ2) is 3.64. The molecule has 0 aliphatic rings. The topological polar surface area (TPSA) is 0 Å². The van der Waals surface area contributed by atoms with Gasteiger partial charge in [0.15, 0.2) is 0 Å². The van der Waals surface area contributed by atoms with Gasteiger partial charge in [-0.2, -0.15) is 0 Å². The van der Waals surface area contributed by atoms with Crippen molar-refractivity contribution in [3.63, 3.8) is 0 Å². The molecule has 1 aromatic carbocycles. The zero-order valence-electron chi connectivity index (χ0n) is 7.25. The molecule has 0 unspecified atom stereocenters. The van der Waals surface area contributed by atoms with Gasteiger partial charge in [0.2, 0.25) is 0 Å². The van der Waals surface area contributed by atoms with Crippen LogP contribution in [0.25, 0.3) is 11.1 Å². The van der Waals surface area contributed by atoms with E-state index in [1.807, 2.05) is 6.07 Å². The summed E-state index contributed by atoms with van der Waals surface area (Å²) in [4.78, 5) is 1.36. The maximum absolute atomic E-state index is 3.50. The van der Waals surface area contributed by atoms with E-state index < -0.39 is 0 Å². The van der Waals surface area contributed by atoms with Gasteiger partial charge in [-0.15, -0.1) is 11.3 Å². The second-order valence-electron chi connectivity index (χ2n) is 2.89. The van der Waals surface area contributed by atoms with Crippen molar-refractivity contribution in [3.8, 4) is 11.1 Å². The van der Waals surface area contributed by atoms with Crippen LogP contribution in [-0.2, 0) is 0 Å². The van der Waals surface area contributed by atoms with E-state index in [0.29, 0.717) is 0 Å². The molecule has 0 saturated heterocycles. The fourth-order valence-electron chi connectivity index (χ4n) is 1.35. The van der Waals surface area contributed by atoms with Crippen LogP contribution in [0.5, 0.6) is 0 Å². The lowest BCUT2D eigenvalue weighted by Gasteiger charge is -1.97. The molecule has 0 nitrogen and oxygen atoms in total. The smallest absolute Gasteiger partial charge is 0.0707 e. The fraction of sp³-hybridized carbons (Fsp3) is 0.0909. The highest BCUT2D eigenvalue weighted by atomic mass is 79.9. The highest BCUT2D eigenvalue weighted by molar-refractivity contribution is 9.11. The molecule has 66 valence electrons. The monoisotopic (exact) mass is 252 g/mol. The quantitative estimate of drug-likeness (QED) is 0.702. The number of benzene rings is 1. The van der Waals surface area contributed by atoms with E-state index in [1.54, 1.807) is 11.3 Å². The van der Waals surface area contributed by atoms with Gasteiger partial charge in [0.1, 0.15) is 0 Å². The van der Waals surface area contributed by atoms with Crippen molar-refractivity contribution in [2.75, 3.05) is 0 Å². The van der Waals surface area contributed by atoms with Crippen LogP contribution in [0.4, 0.5) is 0 Å². The molecule has 0 aliphatic carbocycles. The molecule has 0 spiro atoms. The van der Waals surface area contributed by atoms with Crippen molar-refractivity contribution in [1.29, 1.82) is 0 Å². The summed E-state index contributed by atoms with van der Waals surface area (Å²) in [6.45, 7) is 2.15. The Morgan fingerprint density at radius 3 is 2.38 bits per heavy atom. The number of hydrogen-bond donors (Lipinski definition) is 0. The summed E-state index contributed by atoms with van der Waals surface area (Å²) in [6.07, 6.45) is 0. The summed E-state index contributed by atoms with van der Waals surface area (Å²) in [5.74, 6) is 0. The fourth-order valence-corrected chi connectivity index (χ4v) is 3.06. The van der Waals surface area contributed by atoms with E-state index >= 15 is 0 Å². The minimum Gasteiger partial charge on any atom is -0.133 e. The summed E-state index contributed by atoms with van der Waals surface area (Å²) in [5, 5.41) is 0. The van der Waals surface area contributed by atoms with E-state index in [4.69, 9.17) is 0 Å². The third-order valence-corrected chi connectivity index (χ3v) is 3.53. The molecular weight excluding hydrogens is 244 g/mol. The first-order valence-electron chi connectivity index (χ1n) is 4.09. The lowest BCUT2D eigenvalue weighted by Crippen LogP contribution is -1.73. The number of thiophene rings is 1. The summed E-state index contributed by atoms with van der Waals surface area (Å²) < 4.78 is 1.20. The molecule has 1 aromatic heterocycles. The molecule has 2 rings (SSSR count). The van der Waals surface area contributed by atoms with Crippen LogP contribution in [0.2, 0.25) is 0 Å². The molecule has 2 aromatic rings. The Hall–Kier alpha value is -0.600. The zero-order chi connectivity index (χ0) is 9.26. The number of rotatable bonds is 1. The Balaban J connectivity index is 2.53. The predicted octanol–water partition coefficient (Wildman–Crippen LogP) is 4.49. The zero-order valence-corrected chi connectivity index (χ0v) is 9.65. The summed E-state index contributed by atoms with van der Waals surface area (Å²) in [6, 6.07) is 12.6. The average Bonchev–Trinajstić information content (AvgIpc) is 2.47. The molecule has 0 saturated carbocycles. The van der Waals surface area contributed by atoms with Crippen LogP contribution < -0.4 is 0 Å². The van der Waals surface area contributed by atoms with Crippen LogP contribution in [0, 0.1) is 6.92 Å². The first-order chi connectivity index (χ1) is 6.27. The minimum atomic E-state index is 1.20. The normalized spacial score (nSPS) is 10.3. The van der Waals surface area contributed by atoms with Crippen LogP contribution in [0.3, 0.4) is 0 Å². The summed E-state index contributed by atoms with van der Waals surface area (Å²) in [5.41, 5.74) is 2.62. The summed E-state index contributed by atoms with van der Waals surface area (Å²) >= 11 is 5.28. The van der Waals surface area contributed by atoms with Gasteiger partial charge < -0.3 is 0 Å². The molecule has 13 heavy (non-hydrogen) atoms. The van der Waals surface area contributed by atoms with Crippen LogP contribution >= 0.6 is 27.3 Å². The van der Waals surface area contributed by atoms with E-state index in [1.165, 1.54) is 19.8 Å². The van der Waals surface area contributed by atoms with Crippen molar-refractivity contribution < 1.29 is 0 Å². The average molecular weight is 253 g/mol. The van der Waals surface area contributed by atoms with Crippen LogP contribution in [0.15, 0.2) is 40.2 Å². The van der Waals surface area contributed by atoms with E-state index in [0.717, 1.165) is 0 Å². The van der Waals surface area contributed by atoms with Gasteiger partial charge in [-0.3, -0.25) is 0 Å². The molecular formula is C11H9BrS. The Bertz CT molecular complexity index is 403. The highest BCUT2D eigenvalue weighted by Crippen LogP contribution is 2.33. The SMILES string of the molecule is Cc1sc(Br)cc1-c1ccccc1. The lowest BCUT2D eigenvalue weighted by atomic mass is 10.1. The molecule has 1 heterocycles. The molecule has 2 heteroatoms. The van der Waals surface area contributed by atoms with Crippen molar-refractivity contribution in [3.05, 3.63) is 45.1 Å². The van der Waals surface area contributed by atoms with Gasteiger partial charge in [0.25, 0.3) is 0 Å². The van der Waals surface area contributed by atoms with Gasteiger partial charge in [-0.05, 0) is 40.0 Å². The number of hydrogen-bond acceptors (Lipinski definition) is 1. The molecule has 0 bridgehead atoms. The Morgan fingerprint density at radius 1 is 1.15 bits per heavy atom. The Morgan fingerprint density at radius 2 is 1.85 bits per heavy atom. The molecule has 0 radical (unpaired) electrons. The second-order valence-corrected chi connectivity index (χ2v) is 5.52. The van der Waals surface area contributed by atoms with Crippen molar-refractivity contribution in [1.82, 2.24) is 0 Å². The third kappa shape index (κ3) is 1.84. The lowest BCUT2D eigenvalue weighted by molar-refractivity contribution is 1.58. The molecule has 0 N–H and O–H groups in total. The molecule has 0 aliphatic heterocycles. The Kier molecular flexibility index (Phi) is 2.51. The predicted molar refractivity (Wildman–Crippen MR) is 62.2 cm³/mol. The maximum Gasteiger partial charge on any atom is 0.0707 e. The molecule has 0 atom stereocenters. The van der Waals surface area contributed by atoms with Gasteiger partial charge in [0.05, 0.1) is 3.79 Å². The minimum absolute atomic E-state index is 1.20. The number of aryl methyl sites for hydroxylation is 1. The summed E-state index contributed by atoms with van der Waals surface area (Å²) in [7, 11) is 0. The first-order valence-corrected chi connectivity index (χ1v) is 5.69. The van der Waals surface area contributed by atoms with Crippen molar-refractivity contribution in [2.45, 2.75) is 6.92 Å². The first kappa shape index (κ1) is 8.97. The standard InChI is InChI=1S/C11H9BrS/c1-8-10(7-11(12)13-8)9-5-3-2-4-6-9/h2-7H,1H3. The highest BCUT2D eigenvalue weighted by Gasteiger charge is 2.04. The molecule has 0 amide bonds. The largest absolute Gasteiger partial charge is 0.133 e. The van der Waals surface area contributed by atoms with E-state index in [2.05, 4.69) is 53.2 Å². The van der Waals surface area contributed by atoms with Crippen LogP contribution in [-0.4, -0.2) is 0 Å². The maximum atomic E-state index is 3.50. The number of halogens is 1. The van der Waals surface area contributed by atoms with Gasteiger partial charge in [0, 0.05) is 4.88 Å². The third-order valence-electron chi connectivity index (χ3n) is 1.97. The molecule has 0 fully saturated rings. The van der Waals surface area contributed by atoms with Crippen molar-refractivity contribution >= 4 is 27.3 Å².